The summed E-state index contributed by atoms with van der Waals surface area (Å²) in [7, 11) is 1.94. The summed E-state index contributed by atoms with van der Waals surface area (Å²) in [6, 6.07) is 6.02. The number of nitrogens with two attached hydrogens (primary N) is 1. The van der Waals surface area contributed by atoms with Gasteiger partial charge in [-0.05, 0) is 37.0 Å². The van der Waals surface area contributed by atoms with Crippen molar-refractivity contribution in [1.82, 2.24) is 14.3 Å². The Morgan fingerprint density at radius 1 is 1.31 bits per heavy atom. The lowest BCUT2D eigenvalue weighted by Crippen LogP contribution is -2.42. The van der Waals surface area contributed by atoms with Gasteiger partial charge in [0.15, 0.2) is 4.96 Å². The van der Waals surface area contributed by atoms with Crippen molar-refractivity contribution < 1.29 is 4.79 Å². The average Bonchev–Trinajstić information content (AvgIpc) is 3.12. The van der Waals surface area contributed by atoms with Gasteiger partial charge in [0.2, 0.25) is 0 Å². The molecule has 2 atom stereocenters. The maximum absolute atomic E-state index is 12.9. The molecule has 0 saturated heterocycles. The molecular formula is C18H24Cl2N4OS. The standard InChI is InChI=1S/C18H22N4OS.2ClH/c1-11-5-3-4-6-14(11)21(2)17(23)16-10-22-15-9-12(19)7-8-13(15)20-18(22)24-16;;/h7-11,14H,3-6,19H2,1-2H3;2*1H/t11-,14+;;/m0../s1. The first-order valence-corrected chi connectivity index (χ1v) is 9.30. The number of aromatic nitrogens is 2. The molecule has 0 aliphatic heterocycles. The van der Waals surface area contributed by atoms with Gasteiger partial charge in [0, 0.05) is 25.0 Å². The fourth-order valence-electron chi connectivity index (χ4n) is 3.82. The molecule has 1 aliphatic rings. The Bertz CT molecular complexity index is 923. The van der Waals surface area contributed by atoms with E-state index in [4.69, 9.17) is 5.73 Å². The first kappa shape index (κ1) is 20.8. The summed E-state index contributed by atoms with van der Waals surface area (Å²) >= 11 is 1.45. The van der Waals surface area contributed by atoms with Crippen LogP contribution in [0.15, 0.2) is 24.4 Å². The molecule has 0 unspecified atom stereocenters. The first-order chi connectivity index (χ1) is 11.5. The van der Waals surface area contributed by atoms with Gasteiger partial charge in [-0.15, -0.1) is 24.8 Å². The quantitative estimate of drug-likeness (QED) is 0.621. The number of hydrogen-bond acceptors (Lipinski definition) is 4. The largest absolute Gasteiger partial charge is 0.399 e. The van der Waals surface area contributed by atoms with Crippen molar-refractivity contribution in [2.24, 2.45) is 5.92 Å². The minimum Gasteiger partial charge on any atom is -0.399 e. The summed E-state index contributed by atoms with van der Waals surface area (Å²) in [6.07, 6.45) is 6.71. The topological polar surface area (TPSA) is 63.6 Å². The number of halogens is 2. The predicted octanol–water partition coefficient (Wildman–Crippen LogP) is 4.63. The molecule has 2 heterocycles. The summed E-state index contributed by atoms with van der Waals surface area (Å²) in [5.41, 5.74) is 8.45. The number of benzene rings is 1. The Morgan fingerprint density at radius 3 is 2.77 bits per heavy atom. The molecule has 5 nitrogen and oxygen atoms in total. The van der Waals surface area contributed by atoms with Crippen LogP contribution in [0, 0.1) is 5.92 Å². The number of nitrogen functional groups attached to an aromatic ring is 1. The highest BCUT2D eigenvalue weighted by Gasteiger charge is 2.29. The van der Waals surface area contributed by atoms with Gasteiger partial charge >= 0.3 is 0 Å². The van der Waals surface area contributed by atoms with Crippen LogP contribution in [0.2, 0.25) is 0 Å². The van der Waals surface area contributed by atoms with Crippen LogP contribution < -0.4 is 5.73 Å². The van der Waals surface area contributed by atoms with E-state index in [9.17, 15) is 4.79 Å². The number of imidazole rings is 1. The molecule has 26 heavy (non-hydrogen) atoms. The van der Waals surface area contributed by atoms with Gasteiger partial charge in [-0.1, -0.05) is 31.1 Å². The number of amides is 1. The van der Waals surface area contributed by atoms with Crippen molar-refractivity contribution in [3.05, 3.63) is 29.3 Å². The third kappa shape index (κ3) is 3.50. The molecule has 2 N–H and O–H groups in total. The molecule has 1 fully saturated rings. The summed E-state index contributed by atoms with van der Waals surface area (Å²) in [6.45, 7) is 2.26. The van der Waals surface area contributed by atoms with E-state index in [0.29, 0.717) is 17.6 Å². The van der Waals surface area contributed by atoms with Crippen LogP contribution >= 0.6 is 36.2 Å². The second kappa shape index (κ2) is 8.03. The molecule has 2 aromatic heterocycles. The van der Waals surface area contributed by atoms with Gasteiger partial charge in [-0.2, -0.15) is 0 Å². The molecule has 0 bridgehead atoms. The summed E-state index contributed by atoms with van der Waals surface area (Å²) < 4.78 is 1.97. The normalized spacial score (nSPS) is 19.8. The molecular weight excluding hydrogens is 391 g/mol. The van der Waals surface area contributed by atoms with Crippen molar-refractivity contribution in [3.8, 4) is 0 Å². The third-order valence-electron chi connectivity index (χ3n) is 5.22. The van der Waals surface area contributed by atoms with Crippen LogP contribution in [0.1, 0.15) is 42.3 Å². The molecule has 1 amide bonds. The molecule has 3 aromatic rings. The SMILES string of the molecule is C[C@H]1CCCC[C@H]1N(C)C(=O)c1cn2c(nc3ccc(N)cc32)s1.Cl.Cl. The fraction of sp³-hybridized carbons (Fsp3) is 0.444. The number of carbonyl (C=O) groups excluding carboxylic acids is 1. The zero-order valence-corrected chi connectivity index (χ0v) is 17.3. The van der Waals surface area contributed by atoms with E-state index in [1.165, 1.54) is 30.6 Å². The summed E-state index contributed by atoms with van der Waals surface area (Å²) in [5.74, 6) is 0.665. The number of nitrogens with zero attached hydrogens (tertiary/aromatic N) is 3. The van der Waals surface area contributed by atoms with Crippen molar-refractivity contribution >= 4 is 63.7 Å². The van der Waals surface area contributed by atoms with Gasteiger partial charge in [-0.25, -0.2) is 4.98 Å². The second-order valence-electron chi connectivity index (χ2n) is 6.85. The zero-order valence-electron chi connectivity index (χ0n) is 14.8. The summed E-state index contributed by atoms with van der Waals surface area (Å²) in [5, 5.41) is 0. The van der Waals surface area contributed by atoms with E-state index in [2.05, 4.69) is 11.9 Å². The minimum atomic E-state index is 0. The molecule has 8 heteroatoms. The molecule has 1 saturated carbocycles. The Hall–Kier alpha value is -1.50. The van der Waals surface area contributed by atoms with Crippen molar-refractivity contribution in [2.75, 3.05) is 12.8 Å². The average molecular weight is 415 g/mol. The van der Waals surface area contributed by atoms with Gasteiger partial charge in [0.1, 0.15) is 4.88 Å². The number of fused-ring (bicyclic) bond motifs is 3. The van der Waals surface area contributed by atoms with Crippen LogP contribution in [0.25, 0.3) is 16.0 Å². The Kier molecular flexibility index (Phi) is 6.42. The van der Waals surface area contributed by atoms with Crippen molar-refractivity contribution in [2.45, 2.75) is 38.6 Å². The van der Waals surface area contributed by atoms with Gasteiger partial charge < -0.3 is 10.6 Å². The van der Waals surface area contributed by atoms with E-state index >= 15 is 0 Å². The highest BCUT2D eigenvalue weighted by atomic mass is 35.5. The van der Waals surface area contributed by atoms with E-state index in [0.717, 1.165) is 27.3 Å². The lowest BCUT2D eigenvalue weighted by molar-refractivity contribution is 0.0633. The number of rotatable bonds is 2. The lowest BCUT2D eigenvalue weighted by Gasteiger charge is -2.36. The van der Waals surface area contributed by atoms with Gasteiger partial charge in [0.25, 0.3) is 5.91 Å². The predicted molar refractivity (Wildman–Crippen MR) is 113 cm³/mol. The van der Waals surface area contributed by atoms with Gasteiger partial charge in [-0.3, -0.25) is 9.20 Å². The zero-order chi connectivity index (χ0) is 16.8. The number of anilines is 1. The van der Waals surface area contributed by atoms with Crippen LogP contribution in [0.3, 0.4) is 0 Å². The molecule has 0 radical (unpaired) electrons. The van der Waals surface area contributed by atoms with E-state index in [1.807, 2.05) is 40.7 Å². The van der Waals surface area contributed by atoms with Crippen LogP contribution in [-0.2, 0) is 0 Å². The lowest BCUT2D eigenvalue weighted by atomic mass is 9.85. The Balaban J connectivity index is 0.00000121. The van der Waals surface area contributed by atoms with E-state index in [1.54, 1.807) is 0 Å². The maximum atomic E-state index is 12.9. The molecule has 142 valence electrons. The third-order valence-corrected chi connectivity index (χ3v) is 6.19. The second-order valence-corrected chi connectivity index (χ2v) is 7.86. The monoisotopic (exact) mass is 414 g/mol. The number of thiazole rings is 1. The van der Waals surface area contributed by atoms with Crippen LogP contribution in [0.5, 0.6) is 0 Å². The molecule has 1 aromatic carbocycles. The van der Waals surface area contributed by atoms with Gasteiger partial charge in [0.05, 0.1) is 11.0 Å². The van der Waals surface area contributed by atoms with Crippen molar-refractivity contribution in [1.29, 1.82) is 0 Å². The highest BCUT2D eigenvalue weighted by molar-refractivity contribution is 7.18. The van der Waals surface area contributed by atoms with E-state index in [-0.39, 0.29) is 30.7 Å². The summed E-state index contributed by atoms with van der Waals surface area (Å²) in [4.78, 5) is 21.0. The first-order valence-electron chi connectivity index (χ1n) is 8.49. The fourth-order valence-corrected chi connectivity index (χ4v) is 4.80. The van der Waals surface area contributed by atoms with E-state index < -0.39 is 0 Å². The molecule has 0 spiro atoms. The molecule has 1 aliphatic carbocycles. The van der Waals surface area contributed by atoms with Crippen molar-refractivity contribution in [3.63, 3.8) is 0 Å². The number of hydrogen-bond donors (Lipinski definition) is 1. The van der Waals surface area contributed by atoms with Crippen LogP contribution in [0.4, 0.5) is 5.69 Å². The molecule has 4 rings (SSSR count). The Labute approximate surface area is 169 Å². The van der Waals surface area contributed by atoms with Crippen LogP contribution in [-0.4, -0.2) is 33.3 Å². The smallest absolute Gasteiger partial charge is 0.265 e. The number of carbonyl (C=O) groups is 1. The Morgan fingerprint density at radius 2 is 2.04 bits per heavy atom. The maximum Gasteiger partial charge on any atom is 0.265 e. The minimum absolute atomic E-state index is 0. The highest BCUT2D eigenvalue weighted by Crippen LogP contribution is 2.30.